The Kier molecular flexibility index (Phi) is 5.85. The van der Waals surface area contributed by atoms with E-state index < -0.39 is 0 Å². The standard InChI is InChI=1S/C24H25NO/c1-19-13-14-23(17-20(19)2)25(16-15-21-9-5-3-6-10-21)24(26)18-22-11-7-4-8-12-22/h3-14,17H,15-16,18H2,1-2H3. The van der Waals surface area contributed by atoms with Crippen LogP contribution in [0.25, 0.3) is 0 Å². The molecule has 0 saturated heterocycles. The van der Waals surface area contributed by atoms with Gasteiger partial charge >= 0.3 is 0 Å². The molecule has 0 atom stereocenters. The molecule has 0 unspecified atom stereocenters. The van der Waals surface area contributed by atoms with Gasteiger partial charge in [-0.2, -0.15) is 0 Å². The highest BCUT2D eigenvalue weighted by molar-refractivity contribution is 5.94. The van der Waals surface area contributed by atoms with Crippen LogP contribution >= 0.6 is 0 Å². The van der Waals surface area contributed by atoms with Crippen molar-refractivity contribution in [2.24, 2.45) is 0 Å². The van der Waals surface area contributed by atoms with Gasteiger partial charge in [0, 0.05) is 12.2 Å². The van der Waals surface area contributed by atoms with Crippen LogP contribution in [-0.2, 0) is 17.6 Å². The van der Waals surface area contributed by atoms with Crippen molar-refractivity contribution in [3.05, 3.63) is 101 Å². The molecule has 3 rings (SSSR count). The third kappa shape index (κ3) is 4.60. The zero-order valence-corrected chi connectivity index (χ0v) is 15.5. The summed E-state index contributed by atoms with van der Waals surface area (Å²) in [4.78, 5) is 15.0. The normalized spacial score (nSPS) is 10.5. The molecule has 0 bridgehead atoms. The van der Waals surface area contributed by atoms with Crippen LogP contribution in [0.2, 0.25) is 0 Å². The molecule has 132 valence electrons. The fourth-order valence-corrected chi connectivity index (χ4v) is 3.04. The highest BCUT2D eigenvalue weighted by Gasteiger charge is 2.16. The average Bonchev–Trinajstić information content (AvgIpc) is 2.66. The molecule has 0 heterocycles. The second kappa shape index (κ2) is 8.48. The molecule has 0 aliphatic carbocycles. The lowest BCUT2D eigenvalue weighted by atomic mass is 10.1. The molecule has 2 nitrogen and oxygen atoms in total. The largest absolute Gasteiger partial charge is 0.312 e. The molecule has 26 heavy (non-hydrogen) atoms. The summed E-state index contributed by atoms with van der Waals surface area (Å²) < 4.78 is 0. The van der Waals surface area contributed by atoms with Crippen LogP contribution in [0.4, 0.5) is 5.69 Å². The van der Waals surface area contributed by atoms with E-state index in [-0.39, 0.29) is 5.91 Å². The zero-order chi connectivity index (χ0) is 18.4. The maximum absolute atomic E-state index is 13.1. The average molecular weight is 343 g/mol. The number of rotatable bonds is 6. The number of amides is 1. The summed E-state index contributed by atoms with van der Waals surface area (Å²) in [6.07, 6.45) is 1.26. The molecule has 0 fully saturated rings. The van der Waals surface area contributed by atoms with Gasteiger partial charge in [-0.05, 0) is 54.7 Å². The van der Waals surface area contributed by atoms with Crippen LogP contribution in [0.15, 0.2) is 78.9 Å². The Labute approximate surface area is 156 Å². The monoisotopic (exact) mass is 343 g/mol. The van der Waals surface area contributed by atoms with Crippen LogP contribution in [0, 0.1) is 13.8 Å². The Balaban J connectivity index is 1.82. The fourth-order valence-electron chi connectivity index (χ4n) is 3.04. The molecule has 3 aromatic carbocycles. The molecule has 0 aromatic heterocycles. The van der Waals surface area contributed by atoms with E-state index >= 15 is 0 Å². The zero-order valence-electron chi connectivity index (χ0n) is 15.5. The van der Waals surface area contributed by atoms with Gasteiger partial charge < -0.3 is 4.90 Å². The lowest BCUT2D eigenvalue weighted by molar-refractivity contribution is -0.118. The summed E-state index contributed by atoms with van der Waals surface area (Å²) in [5.74, 6) is 0.135. The van der Waals surface area contributed by atoms with Crippen LogP contribution in [0.1, 0.15) is 22.3 Å². The van der Waals surface area contributed by atoms with Gasteiger partial charge in [0.2, 0.25) is 5.91 Å². The van der Waals surface area contributed by atoms with Gasteiger partial charge in [-0.15, -0.1) is 0 Å². The minimum absolute atomic E-state index is 0.135. The second-order valence-electron chi connectivity index (χ2n) is 6.71. The third-order valence-electron chi connectivity index (χ3n) is 4.77. The van der Waals surface area contributed by atoms with Gasteiger partial charge in [-0.3, -0.25) is 4.79 Å². The minimum Gasteiger partial charge on any atom is -0.312 e. The number of hydrogen-bond acceptors (Lipinski definition) is 1. The third-order valence-corrected chi connectivity index (χ3v) is 4.77. The lowest BCUT2D eigenvalue weighted by Gasteiger charge is -2.24. The molecule has 0 aliphatic rings. The number of aryl methyl sites for hydroxylation is 2. The number of hydrogen-bond donors (Lipinski definition) is 0. The first-order valence-corrected chi connectivity index (χ1v) is 9.09. The van der Waals surface area contributed by atoms with Gasteiger partial charge in [-0.1, -0.05) is 66.7 Å². The first kappa shape index (κ1) is 17.9. The van der Waals surface area contributed by atoms with E-state index in [4.69, 9.17) is 0 Å². The molecule has 3 aromatic rings. The fraction of sp³-hybridized carbons (Fsp3) is 0.208. The summed E-state index contributed by atoms with van der Waals surface area (Å²) >= 11 is 0. The predicted molar refractivity (Wildman–Crippen MR) is 109 cm³/mol. The molecule has 2 heteroatoms. The van der Waals surface area contributed by atoms with Gasteiger partial charge in [0.1, 0.15) is 0 Å². The lowest BCUT2D eigenvalue weighted by Crippen LogP contribution is -2.34. The Morgan fingerprint density at radius 1 is 0.769 bits per heavy atom. The van der Waals surface area contributed by atoms with E-state index in [2.05, 4.69) is 44.2 Å². The Bertz CT molecular complexity index is 856. The van der Waals surface area contributed by atoms with Crippen molar-refractivity contribution in [3.8, 4) is 0 Å². The number of anilines is 1. The SMILES string of the molecule is Cc1ccc(N(CCc2ccccc2)C(=O)Cc2ccccc2)cc1C. The Hall–Kier alpha value is -2.87. The van der Waals surface area contributed by atoms with Crippen LogP contribution in [-0.4, -0.2) is 12.5 Å². The Morgan fingerprint density at radius 2 is 1.38 bits per heavy atom. The summed E-state index contributed by atoms with van der Waals surface area (Å²) in [7, 11) is 0. The maximum Gasteiger partial charge on any atom is 0.231 e. The topological polar surface area (TPSA) is 20.3 Å². The van der Waals surface area contributed by atoms with Gasteiger partial charge in [0.05, 0.1) is 6.42 Å². The second-order valence-corrected chi connectivity index (χ2v) is 6.71. The van der Waals surface area contributed by atoms with Crippen molar-refractivity contribution in [1.29, 1.82) is 0 Å². The summed E-state index contributed by atoms with van der Waals surface area (Å²) in [6, 6.07) is 26.5. The van der Waals surface area contributed by atoms with Gasteiger partial charge in [0.25, 0.3) is 0 Å². The van der Waals surface area contributed by atoms with Crippen LogP contribution < -0.4 is 4.90 Å². The van der Waals surface area contributed by atoms with Crippen LogP contribution in [0.3, 0.4) is 0 Å². The van der Waals surface area contributed by atoms with E-state index in [9.17, 15) is 4.79 Å². The number of nitrogens with zero attached hydrogens (tertiary/aromatic N) is 1. The minimum atomic E-state index is 0.135. The molecular formula is C24H25NO. The molecule has 0 radical (unpaired) electrons. The molecule has 1 amide bonds. The smallest absolute Gasteiger partial charge is 0.231 e. The first-order valence-electron chi connectivity index (χ1n) is 9.09. The summed E-state index contributed by atoms with van der Waals surface area (Å²) in [5.41, 5.74) is 5.72. The molecule has 0 saturated carbocycles. The van der Waals surface area contributed by atoms with Gasteiger partial charge in [0.15, 0.2) is 0 Å². The molecule has 0 spiro atoms. The number of carbonyl (C=O) groups is 1. The van der Waals surface area contributed by atoms with Crippen molar-refractivity contribution in [2.75, 3.05) is 11.4 Å². The van der Waals surface area contributed by atoms with Crippen LogP contribution in [0.5, 0.6) is 0 Å². The molecule has 0 aliphatic heterocycles. The van der Waals surface area contributed by atoms with E-state index in [1.54, 1.807) is 0 Å². The number of carbonyl (C=O) groups excluding carboxylic acids is 1. The first-order chi connectivity index (χ1) is 12.6. The van der Waals surface area contributed by atoms with E-state index in [1.165, 1.54) is 16.7 Å². The van der Waals surface area contributed by atoms with Crippen molar-refractivity contribution in [2.45, 2.75) is 26.7 Å². The number of benzene rings is 3. The quantitative estimate of drug-likeness (QED) is 0.608. The van der Waals surface area contributed by atoms with E-state index in [0.29, 0.717) is 13.0 Å². The maximum atomic E-state index is 13.1. The summed E-state index contributed by atoms with van der Waals surface area (Å²) in [5, 5.41) is 0. The van der Waals surface area contributed by atoms with Gasteiger partial charge in [-0.25, -0.2) is 0 Å². The van der Waals surface area contributed by atoms with E-state index in [1.807, 2.05) is 53.4 Å². The highest BCUT2D eigenvalue weighted by Crippen LogP contribution is 2.21. The molecule has 0 N–H and O–H groups in total. The molecular weight excluding hydrogens is 318 g/mol. The predicted octanol–water partition coefficient (Wildman–Crippen LogP) is 5.12. The highest BCUT2D eigenvalue weighted by atomic mass is 16.2. The van der Waals surface area contributed by atoms with Crippen molar-refractivity contribution in [3.63, 3.8) is 0 Å². The van der Waals surface area contributed by atoms with Crippen molar-refractivity contribution >= 4 is 11.6 Å². The van der Waals surface area contributed by atoms with Crippen molar-refractivity contribution in [1.82, 2.24) is 0 Å². The van der Waals surface area contributed by atoms with Crippen molar-refractivity contribution < 1.29 is 4.79 Å². The summed E-state index contributed by atoms with van der Waals surface area (Å²) in [6.45, 7) is 4.87. The Morgan fingerprint density at radius 3 is 2.00 bits per heavy atom. The van der Waals surface area contributed by atoms with E-state index in [0.717, 1.165) is 17.7 Å².